The molecule has 3 nitrogen and oxygen atoms in total. The minimum Gasteiger partial charge on any atom is -0.369 e. The van der Waals surface area contributed by atoms with Gasteiger partial charge in [0, 0.05) is 18.4 Å². The molecule has 1 aliphatic rings. The van der Waals surface area contributed by atoms with Crippen LogP contribution in [0.5, 0.6) is 0 Å². The van der Waals surface area contributed by atoms with Crippen LogP contribution in [0.25, 0.3) is 0 Å². The second kappa shape index (κ2) is 4.84. The minimum atomic E-state index is -0.416. The summed E-state index contributed by atoms with van der Waals surface area (Å²) in [5, 5.41) is 0. The summed E-state index contributed by atoms with van der Waals surface area (Å²) in [5.74, 6) is 5.51. The number of rotatable bonds is 1. The van der Waals surface area contributed by atoms with Crippen LogP contribution in [-0.4, -0.2) is 11.7 Å². The maximum Gasteiger partial charge on any atom is 0.229 e. The molecule has 2 rings (SSSR count). The van der Waals surface area contributed by atoms with Gasteiger partial charge in [0.05, 0.1) is 6.42 Å². The fourth-order valence-electron chi connectivity index (χ4n) is 1.92. The van der Waals surface area contributed by atoms with Gasteiger partial charge in [-0.25, -0.2) is 0 Å². The molecular weight excluding hydrogens is 214 g/mol. The molecule has 1 aromatic carbocycles. The lowest BCUT2D eigenvalue weighted by Crippen LogP contribution is -2.13. The van der Waals surface area contributed by atoms with Crippen LogP contribution in [0, 0.1) is 11.8 Å². The lowest BCUT2D eigenvalue weighted by Gasteiger charge is -2.14. The third-order valence-corrected chi connectivity index (χ3v) is 2.76. The molecule has 1 amide bonds. The van der Waals surface area contributed by atoms with Gasteiger partial charge in [0.2, 0.25) is 5.91 Å². The van der Waals surface area contributed by atoms with Crippen molar-refractivity contribution in [2.45, 2.75) is 25.7 Å². The molecule has 0 aromatic heterocycles. The van der Waals surface area contributed by atoms with Crippen LogP contribution in [0.3, 0.4) is 0 Å². The van der Waals surface area contributed by atoms with E-state index in [4.69, 9.17) is 5.73 Å². The molecule has 0 saturated heterocycles. The average molecular weight is 227 g/mol. The lowest BCUT2D eigenvalue weighted by atomic mass is 9.90. The number of Topliss-reactive ketones (excluding diaryl/α,β-unsaturated/α-hetero) is 1. The molecule has 0 atom stereocenters. The molecule has 3 heteroatoms. The Balaban J connectivity index is 2.18. The van der Waals surface area contributed by atoms with Crippen LogP contribution < -0.4 is 5.73 Å². The maximum absolute atomic E-state index is 11.3. The summed E-state index contributed by atoms with van der Waals surface area (Å²) in [5.41, 5.74) is 8.17. The Labute approximate surface area is 100 Å². The highest BCUT2D eigenvalue weighted by Crippen LogP contribution is 2.20. The smallest absolute Gasteiger partial charge is 0.229 e. The van der Waals surface area contributed by atoms with E-state index in [0.29, 0.717) is 18.6 Å². The molecule has 0 saturated carbocycles. The topological polar surface area (TPSA) is 60.2 Å². The number of ketones is 1. The van der Waals surface area contributed by atoms with E-state index in [0.717, 1.165) is 17.5 Å². The first-order chi connectivity index (χ1) is 8.15. The van der Waals surface area contributed by atoms with E-state index in [9.17, 15) is 9.59 Å². The first-order valence-corrected chi connectivity index (χ1v) is 5.56. The summed E-state index contributed by atoms with van der Waals surface area (Å²) in [6.07, 6.45) is 2.02. The standard InChI is InChI=1S/C14H13NO2/c15-14(17)3-1-2-10-4-5-12-9-13(16)7-6-11(12)8-10/h4-5,8H,3,6-7,9H2,(H2,15,17). The molecule has 0 aliphatic heterocycles. The quantitative estimate of drug-likeness (QED) is 0.727. The second-order valence-electron chi connectivity index (χ2n) is 4.14. The summed E-state index contributed by atoms with van der Waals surface area (Å²) < 4.78 is 0. The van der Waals surface area contributed by atoms with E-state index in [1.54, 1.807) is 0 Å². The number of primary amides is 1. The monoisotopic (exact) mass is 227 g/mol. The first kappa shape index (κ1) is 11.4. The summed E-state index contributed by atoms with van der Waals surface area (Å²) in [4.78, 5) is 21.8. The van der Waals surface area contributed by atoms with Crippen molar-refractivity contribution in [3.8, 4) is 11.8 Å². The van der Waals surface area contributed by atoms with E-state index in [2.05, 4.69) is 11.8 Å². The minimum absolute atomic E-state index is 0.0789. The molecule has 0 radical (unpaired) electrons. The van der Waals surface area contributed by atoms with Gasteiger partial charge in [0.15, 0.2) is 0 Å². The highest BCUT2D eigenvalue weighted by molar-refractivity contribution is 5.83. The number of carbonyl (C=O) groups excluding carboxylic acids is 2. The molecule has 0 bridgehead atoms. The number of fused-ring (bicyclic) bond motifs is 1. The van der Waals surface area contributed by atoms with E-state index in [-0.39, 0.29) is 6.42 Å². The van der Waals surface area contributed by atoms with Crippen molar-refractivity contribution in [3.05, 3.63) is 34.9 Å². The fourth-order valence-corrected chi connectivity index (χ4v) is 1.92. The SMILES string of the molecule is NC(=O)CC#Cc1ccc2c(c1)CCC(=O)C2. The predicted octanol–water partition coefficient (Wildman–Crippen LogP) is 0.971. The number of carbonyl (C=O) groups is 2. The largest absolute Gasteiger partial charge is 0.369 e. The normalized spacial score (nSPS) is 13.5. The number of benzene rings is 1. The van der Waals surface area contributed by atoms with E-state index >= 15 is 0 Å². The number of nitrogens with two attached hydrogens (primary N) is 1. The highest BCUT2D eigenvalue weighted by Gasteiger charge is 2.14. The molecular formula is C14H13NO2. The van der Waals surface area contributed by atoms with Gasteiger partial charge >= 0.3 is 0 Å². The summed E-state index contributed by atoms with van der Waals surface area (Å²) in [6, 6.07) is 5.82. The molecule has 2 N–H and O–H groups in total. The zero-order valence-corrected chi connectivity index (χ0v) is 9.45. The number of hydrogen-bond donors (Lipinski definition) is 1. The average Bonchev–Trinajstić information content (AvgIpc) is 2.29. The highest BCUT2D eigenvalue weighted by atomic mass is 16.1. The Hall–Kier alpha value is -2.08. The molecule has 0 spiro atoms. The third kappa shape index (κ3) is 2.94. The van der Waals surface area contributed by atoms with Crippen LogP contribution in [0.15, 0.2) is 18.2 Å². The van der Waals surface area contributed by atoms with Crippen molar-refractivity contribution in [2.75, 3.05) is 0 Å². The van der Waals surface area contributed by atoms with Crippen molar-refractivity contribution in [1.82, 2.24) is 0 Å². The second-order valence-corrected chi connectivity index (χ2v) is 4.14. The van der Waals surface area contributed by atoms with Crippen molar-refractivity contribution in [1.29, 1.82) is 0 Å². The molecule has 86 valence electrons. The van der Waals surface area contributed by atoms with Crippen LogP contribution in [0.2, 0.25) is 0 Å². The van der Waals surface area contributed by atoms with Gasteiger partial charge in [-0.2, -0.15) is 0 Å². The van der Waals surface area contributed by atoms with E-state index < -0.39 is 5.91 Å². The van der Waals surface area contributed by atoms with Crippen LogP contribution in [0.1, 0.15) is 29.5 Å². The first-order valence-electron chi connectivity index (χ1n) is 5.56. The Morgan fingerprint density at radius 1 is 1.29 bits per heavy atom. The van der Waals surface area contributed by atoms with Gasteiger partial charge in [-0.05, 0) is 29.7 Å². The van der Waals surface area contributed by atoms with Gasteiger partial charge < -0.3 is 5.73 Å². The Bertz CT molecular complexity index is 535. The predicted molar refractivity (Wildman–Crippen MR) is 64.2 cm³/mol. The van der Waals surface area contributed by atoms with E-state index in [1.165, 1.54) is 5.56 Å². The summed E-state index contributed by atoms with van der Waals surface area (Å²) >= 11 is 0. The zero-order valence-electron chi connectivity index (χ0n) is 9.45. The molecule has 1 aliphatic carbocycles. The Morgan fingerprint density at radius 2 is 2.12 bits per heavy atom. The molecule has 0 fully saturated rings. The van der Waals surface area contributed by atoms with Crippen molar-refractivity contribution < 1.29 is 9.59 Å². The summed E-state index contributed by atoms with van der Waals surface area (Å²) in [6.45, 7) is 0. The Kier molecular flexibility index (Phi) is 3.24. The van der Waals surface area contributed by atoms with Crippen LogP contribution in [-0.2, 0) is 22.4 Å². The van der Waals surface area contributed by atoms with Crippen LogP contribution in [0.4, 0.5) is 0 Å². The van der Waals surface area contributed by atoms with Gasteiger partial charge in [-0.3, -0.25) is 9.59 Å². The fraction of sp³-hybridized carbons (Fsp3) is 0.286. The van der Waals surface area contributed by atoms with E-state index in [1.807, 2.05) is 18.2 Å². The summed E-state index contributed by atoms with van der Waals surface area (Å²) in [7, 11) is 0. The lowest BCUT2D eigenvalue weighted by molar-refractivity contribution is -0.119. The number of hydrogen-bond acceptors (Lipinski definition) is 2. The number of amides is 1. The molecule has 17 heavy (non-hydrogen) atoms. The maximum atomic E-state index is 11.3. The van der Waals surface area contributed by atoms with Gasteiger partial charge in [-0.1, -0.05) is 17.9 Å². The van der Waals surface area contributed by atoms with Crippen molar-refractivity contribution in [3.63, 3.8) is 0 Å². The van der Waals surface area contributed by atoms with Gasteiger partial charge in [0.25, 0.3) is 0 Å². The molecule has 0 heterocycles. The Morgan fingerprint density at radius 3 is 2.88 bits per heavy atom. The van der Waals surface area contributed by atoms with Crippen molar-refractivity contribution in [2.24, 2.45) is 5.73 Å². The molecule has 1 aromatic rings. The van der Waals surface area contributed by atoms with Crippen molar-refractivity contribution >= 4 is 11.7 Å². The zero-order chi connectivity index (χ0) is 12.3. The number of aryl methyl sites for hydroxylation is 1. The van der Waals surface area contributed by atoms with Gasteiger partial charge in [0.1, 0.15) is 5.78 Å². The molecule has 0 unspecified atom stereocenters. The van der Waals surface area contributed by atoms with Crippen LogP contribution >= 0.6 is 0 Å². The third-order valence-electron chi connectivity index (χ3n) is 2.76. The van der Waals surface area contributed by atoms with Gasteiger partial charge in [-0.15, -0.1) is 0 Å².